The number of nitrogens with zero attached hydrogens (tertiary/aromatic N) is 1. The van der Waals surface area contributed by atoms with Crippen LogP contribution in [0.5, 0.6) is 5.75 Å². The molecule has 3 rings (SSSR count). The van der Waals surface area contributed by atoms with E-state index in [2.05, 4.69) is 0 Å². The van der Waals surface area contributed by atoms with Crippen LogP contribution in [0, 0.1) is 0 Å². The van der Waals surface area contributed by atoms with Gasteiger partial charge in [-0.2, -0.15) is 0 Å². The van der Waals surface area contributed by atoms with Crippen molar-refractivity contribution >= 4 is 27.1 Å². The molecule has 1 fully saturated rings. The van der Waals surface area contributed by atoms with Crippen LogP contribution in [0.2, 0.25) is 0 Å². The van der Waals surface area contributed by atoms with Gasteiger partial charge in [0.1, 0.15) is 5.75 Å². The molecule has 1 aliphatic heterocycles. The molecular weight excluding hydrogens is 346 g/mol. The summed E-state index contributed by atoms with van der Waals surface area (Å²) in [6.45, 7) is 0.390. The molecule has 0 saturated carbocycles. The van der Waals surface area contributed by atoms with Gasteiger partial charge in [0.05, 0.1) is 23.5 Å². The summed E-state index contributed by atoms with van der Waals surface area (Å²) in [4.78, 5) is 15.2. The first-order chi connectivity index (χ1) is 11.5. The zero-order valence-corrected chi connectivity index (χ0v) is 15.0. The molecule has 0 unspecified atom stereocenters. The van der Waals surface area contributed by atoms with E-state index >= 15 is 0 Å². The fraction of sp³-hybridized carbons (Fsp3) is 0.353. The van der Waals surface area contributed by atoms with E-state index in [0.29, 0.717) is 17.8 Å². The number of carbonyl (C=O) groups excluding carboxylic acids is 1. The number of benzene rings is 1. The van der Waals surface area contributed by atoms with Crippen molar-refractivity contribution in [2.45, 2.75) is 19.0 Å². The maximum Gasteiger partial charge on any atom is 0.264 e. The maximum absolute atomic E-state index is 12.8. The Morgan fingerprint density at radius 2 is 2.04 bits per heavy atom. The van der Waals surface area contributed by atoms with Gasteiger partial charge in [0.2, 0.25) is 0 Å². The average Bonchev–Trinajstić information content (AvgIpc) is 3.22. The minimum absolute atomic E-state index is 0.0419. The monoisotopic (exact) mass is 365 g/mol. The molecule has 1 aromatic carbocycles. The number of methoxy groups -OCH3 is 1. The number of thiophene rings is 1. The molecule has 1 saturated heterocycles. The normalized spacial score (nSPS) is 19.1. The lowest BCUT2D eigenvalue weighted by Gasteiger charge is -2.28. The van der Waals surface area contributed by atoms with Crippen LogP contribution >= 0.6 is 11.3 Å². The van der Waals surface area contributed by atoms with Crippen molar-refractivity contribution in [1.82, 2.24) is 4.90 Å². The first-order valence-electron chi connectivity index (χ1n) is 7.66. The molecule has 0 spiro atoms. The second-order valence-corrected chi connectivity index (χ2v) is 8.99. The predicted molar refractivity (Wildman–Crippen MR) is 94.2 cm³/mol. The van der Waals surface area contributed by atoms with Gasteiger partial charge in [-0.3, -0.25) is 4.79 Å². The highest BCUT2D eigenvalue weighted by molar-refractivity contribution is 7.91. The van der Waals surface area contributed by atoms with Crippen LogP contribution in [-0.4, -0.2) is 43.9 Å². The third-order valence-electron chi connectivity index (χ3n) is 4.15. The van der Waals surface area contributed by atoms with Crippen molar-refractivity contribution in [2.24, 2.45) is 0 Å². The molecule has 0 radical (unpaired) electrons. The SMILES string of the molecule is COc1ccc(CN(C(=O)c2cccs2)[C@@H]2CCS(=O)(=O)C2)cc1. The summed E-state index contributed by atoms with van der Waals surface area (Å²) in [5.41, 5.74) is 0.949. The minimum atomic E-state index is -3.06. The predicted octanol–water partition coefficient (Wildman–Crippen LogP) is 2.59. The topological polar surface area (TPSA) is 63.7 Å². The lowest BCUT2D eigenvalue weighted by atomic mass is 10.1. The Hall–Kier alpha value is -1.86. The highest BCUT2D eigenvalue weighted by Gasteiger charge is 2.35. The van der Waals surface area contributed by atoms with E-state index in [9.17, 15) is 13.2 Å². The zero-order chi connectivity index (χ0) is 17.2. The molecule has 0 N–H and O–H groups in total. The molecule has 5 nitrogen and oxygen atoms in total. The fourth-order valence-electron chi connectivity index (χ4n) is 2.86. The zero-order valence-electron chi connectivity index (χ0n) is 13.3. The number of rotatable bonds is 5. The summed E-state index contributed by atoms with van der Waals surface area (Å²) in [7, 11) is -1.45. The van der Waals surface area contributed by atoms with Crippen molar-refractivity contribution in [3.63, 3.8) is 0 Å². The molecule has 128 valence electrons. The number of amides is 1. The van der Waals surface area contributed by atoms with Crippen LogP contribution in [0.4, 0.5) is 0 Å². The number of carbonyl (C=O) groups is 1. The summed E-state index contributed by atoms with van der Waals surface area (Å²) in [5.74, 6) is 0.829. The van der Waals surface area contributed by atoms with E-state index in [1.807, 2.05) is 35.7 Å². The molecule has 2 heterocycles. The molecule has 0 bridgehead atoms. The standard InChI is InChI=1S/C17H19NO4S2/c1-22-15-6-4-13(5-7-15)11-18(14-8-10-24(20,21)12-14)17(19)16-3-2-9-23-16/h2-7,9,14H,8,10-12H2,1H3/t14-/m1/s1. The molecule has 1 aliphatic rings. The molecule has 7 heteroatoms. The van der Waals surface area contributed by atoms with E-state index in [4.69, 9.17) is 4.74 Å². The van der Waals surface area contributed by atoms with E-state index in [0.717, 1.165) is 11.3 Å². The molecule has 1 aromatic heterocycles. The van der Waals surface area contributed by atoms with Crippen LogP contribution in [0.25, 0.3) is 0 Å². The van der Waals surface area contributed by atoms with E-state index in [1.165, 1.54) is 11.3 Å². The molecular formula is C17H19NO4S2. The molecule has 1 atom stereocenters. The quantitative estimate of drug-likeness (QED) is 0.817. The molecule has 24 heavy (non-hydrogen) atoms. The van der Waals surface area contributed by atoms with Crippen molar-refractivity contribution in [3.8, 4) is 5.75 Å². The molecule has 1 amide bonds. The summed E-state index contributed by atoms with van der Waals surface area (Å²) in [5, 5.41) is 1.85. The Bertz CT molecular complexity index is 798. The van der Waals surface area contributed by atoms with Crippen LogP contribution in [0.1, 0.15) is 21.7 Å². The van der Waals surface area contributed by atoms with Crippen LogP contribution < -0.4 is 4.74 Å². The van der Waals surface area contributed by atoms with Crippen molar-refractivity contribution in [2.75, 3.05) is 18.6 Å². The number of sulfone groups is 1. The summed E-state index contributed by atoms with van der Waals surface area (Å²) >= 11 is 1.37. The van der Waals surface area contributed by atoms with Gasteiger partial charge in [0, 0.05) is 12.6 Å². The number of ether oxygens (including phenoxy) is 1. The Morgan fingerprint density at radius 3 is 2.58 bits per heavy atom. The number of hydrogen-bond acceptors (Lipinski definition) is 5. The van der Waals surface area contributed by atoms with Crippen LogP contribution in [0.15, 0.2) is 41.8 Å². The van der Waals surface area contributed by atoms with Gasteiger partial charge >= 0.3 is 0 Å². The lowest BCUT2D eigenvalue weighted by Crippen LogP contribution is -2.40. The molecule has 0 aliphatic carbocycles. The largest absolute Gasteiger partial charge is 0.497 e. The highest BCUT2D eigenvalue weighted by Crippen LogP contribution is 2.24. The van der Waals surface area contributed by atoms with E-state index in [-0.39, 0.29) is 23.5 Å². The number of hydrogen-bond donors (Lipinski definition) is 0. The van der Waals surface area contributed by atoms with Gasteiger partial charge in [-0.25, -0.2) is 8.42 Å². The average molecular weight is 365 g/mol. The summed E-state index contributed by atoms with van der Waals surface area (Å²) in [6.07, 6.45) is 0.496. The fourth-order valence-corrected chi connectivity index (χ4v) is 5.27. The Kier molecular flexibility index (Phi) is 4.91. The Balaban J connectivity index is 1.85. The molecule has 2 aromatic rings. The van der Waals surface area contributed by atoms with Gasteiger partial charge in [0.15, 0.2) is 9.84 Å². The first-order valence-corrected chi connectivity index (χ1v) is 10.4. The Labute approximate surface area is 145 Å². The second kappa shape index (κ2) is 6.94. The maximum atomic E-state index is 12.8. The first kappa shape index (κ1) is 17.0. The van der Waals surface area contributed by atoms with Gasteiger partial charge < -0.3 is 9.64 Å². The van der Waals surface area contributed by atoms with Crippen LogP contribution in [0.3, 0.4) is 0 Å². The van der Waals surface area contributed by atoms with Crippen molar-refractivity contribution < 1.29 is 17.9 Å². The van der Waals surface area contributed by atoms with Gasteiger partial charge in [-0.1, -0.05) is 18.2 Å². The smallest absolute Gasteiger partial charge is 0.264 e. The second-order valence-electron chi connectivity index (χ2n) is 5.82. The third-order valence-corrected chi connectivity index (χ3v) is 6.76. The summed E-state index contributed by atoms with van der Waals surface area (Å²) in [6, 6.07) is 10.8. The van der Waals surface area contributed by atoms with Crippen molar-refractivity contribution in [3.05, 3.63) is 52.2 Å². The highest BCUT2D eigenvalue weighted by atomic mass is 32.2. The third kappa shape index (κ3) is 3.79. The lowest BCUT2D eigenvalue weighted by molar-refractivity contribution is 0.0686. The summed E-state index contributed by atoms with van der Waals surface area (Å²) < 4.78 is 28.8. The van der Waals surface area contributed by atoms with Gasteiger partial charge in [-0.05, 0) is 35.6 Å². The Morgan fingerprint density at radius 1 is 1.29 bits per heavy atom. The minimum Gasteiger partial charge on any atom is -0.497 e. The van der Waals surface area contributed by atoms with E-state index < -0.39 is 9.84 Å². The van der Waals surface area contributed by atoms with Gasteiger partial charge in [-0.15, -0.1) is 11.3 Å². The van der Waals surface area contributed by atoms with Crippen LogP contribution in [-0.2, 0) is 16.4 Å². The van der Waals surface area contributed by atoms with E-state index in [1.54, 1.807) is 18.1 Å². The van der Waals surface area contributed by atoms with Gasteiger partial charge in [0.25, 0.3) is 5.91 Å². The van der Waals surface area contributed by atoms with Crippen molar-refractivity contribution in [1.29, 1.82) is 0 Å².